The van der Waals surface area contributed by atoms with Crippen LogP contribution in [0.3, 0.4) is 0 Å². The Morgan fingerprint density at radius 3 is 2.48 bits per heavy atom. The van der Waals surface area contributed by atoms with Crippen LogP contribution in [0, 0.1) is 5.92 Å². The molecule has 6 nitrogen and oxygen atoms in total. The number of ether oxygens (including phenoxy) is 1. The van der Waals surface area contributed by atoms with Gasteiger partial charge in [-0.25, -0.2) is 0 Å². The Morgan fingerprint density at radius 2 is 1.86 bits per heavy atom. The molecule has 1 N–H and O–H groups in total. The summed E-state index contributed by atoms with van der Waals surface area (Å²) < 4.78 is 34.1. The summed E-state index contributed by atoms with van der Waals surface area (Å²) in [6.45, 7) is 6.40. The maximum atomic E-state index is 12.7. The molecule has 0 radical (unpaired) electrons. The zero-order valence-corrected chi connectivity index (χ0v) is 14.1. The van der Waals surface area contributed by atoms with Gasteiger partial charge in [0.05, 0.1) is 6.10 Å². The molecule has 0 amide bonds. The molecule has 2 fully saturated rings. The third kappa shape index (κ3) is 4.39. The van der Waals surface area contributed by atoms with Crippen molar-refractivity contribution in [3.8, 4) is 0 Å². The van der Waals surface area contributed by atoms with Crippen LogP contribution in [-0.4, -0.2) is 69.5 Å². The lowest BCUT2D eigenvalue weighted by Gasteiger charge is -2.38. The first kappa shape index (κ1) is 17.1. The molecule has 0 saturated carbocycles. The average molecular weight is 319 g/mol. The predicted molar refractivity (Wildman–Crippen MR) is 83.4 cm³/mol. The first-order valence-electron chi connectivity index (χ1n) is 8.06. The van der Waals surface area contributed by atoms with E-state index >= 15 is 0 Å². The van der Waals surface area contributed by atoms with E-state index in [1.165, 1.54) is 0 Å². The molecule has 2 heterocycles. The van der Waals surface area contributed by atoms with E-state index in [1.807, 2.05) is 0 Å². The maximum Gasteiger partial charge on any atom is 0.281 e. The highest BCUT2D eigenvalue weighted by atomic mass is 32.2. The monoisotopic (exact) mass is 319 g/mol. The average Bonchev–Trinajstić information content (AvgIpc) is 2.53. The molecule has 0 aromatic rings. The summed E-state index contributed by atoms with van der Waals surface area (Å²) in [6.07, 6.45) is 3.88. The summed E-state index contributed by atoms with van der Waals surface area (Å²) in [7, 11) is -1.59. The first-order valence-corrected chi connectivity index (χ1v) is 9.46. The van der Waals surface area contributed by atoms with Crippen LogP contribution in [-0.2, 0) is 14.9 Å². The normalized spacial score (nSPS) is 27.0. The maximum absolute atomic E-state index is 12.7. The smallest absolute Gasteiger partial charge is 0.281 e. The van der Waals surface area contributed by atoms with Gasteiger partial charge in [-0.2, -0.15) is 17.0 Å². The van der Waals surface area contributed by atoms with E-state index in [2.05, 4.69) is 12.2 Å². The van der Waals surface area contributed by atoms with Gasteiger partial charge in [0.15, 0.2) is 0 Å². The molecule has 0 aliphatic carbocycles. The van der Waals surface area contributed by atoms with E-state index in [-0.39, 0.29) is 6.10 Å². The minimum absolute atomic E-state index is 0.208. The minimum Gasteiger partial charge on any atom is -0.381 e. The van der Waals surface area contributed by atoms with Crippen molar-refractivity contribution in [1.29, 1.82) is 0 Å². The molecule has 7 heteroatoms. The lowest BCUT2D eigenvalue weighted by atomic mass is 10.00. The van der Waals surface area contributed by atoms with Crippen LogP contribution in [0.1, 0.15) is 32.6 Å². The van der Waals surface area contributed by atoms with Crippen molar-refractivity contribution in [3.63, 3.8) is 0 Å². The van der Waals surface area contributed by atoms with Gasteiger partial charge in [-0.1, -0.05) is 6.92 Å². The number of hydrogen-bond acceptors (Lipinski definition) is 4. The fourth-order valence-electron chi connectivity index (χ4n) is 3.21. The molecule has 21 heavy (non-hydrogen) atoms. The molecular weight excluding hydrogens is 290 g/mol. The Balaban J connectivity index is 1.92. The zero-order chi connectivity index (χ0) is 15.3. The predicted octanol–water partition coefficient (Wildman–Crippen LogP) is 0.664. The van der Waals surface area contributed by atoms with Gasteiger partial charge in [0.25, 0.3) is 10.2 Å². The van der Waals surface area contributed by atoms with Gasteiger partial charge < -0.3 is 10.1 Å². The summed E-state index contributed by atoms with van der Waals surface area (Å²) in [5.41, 5.74) is 0. The topological polar surface area (TPSA) is 61.9 Å². The highest BCUT2D eigenvalue weighted by molar-refractivity contribution is 7.86. The third-order valence-electron chi connectivity index (χ3n) is 4.55. The Hall–Kier alpha value is -0.210. The summed E-state index contributed by atoms with van der Waals surface area (Å²) in [4.78, 5) is 0. The molecule has 0 bridgehead atoms. The van der Waals surface area contributed by atoms with Crippen molar-refractivity contribution in [2.45, 2.75) is 38.7 Å². The Morgan fingerprint density at radius 1 is 1.14 bits per heavy atom. The molecular formula is C14H29N3O3S. The fourth-order valence-corrected chi connectivity index (χ4v) is 4.97. The second-order valence-corrected chi connectivity index (χ2v) is 7.94. The van der Waals surface area contributed by atoms with Crippen molar-refractivity contribution in [2.75, 3.05) is 46.4 Å². The van der Waals surface area contributed by atoms with Crippen molar-refractivity contribution >= 4 is 10.2 Å². The SMILES string of the molecule is CCNCC1CCCN(S(=O)(=O)N2CCC(OC)CC2)C1. The first-order chi connectivity index (χ1) is 10.1. The highest BCUT2D eigenvalue weighted by Crippen LogP contribution is 2.23. The summed E-state index contributed by atoms with van der Waals surface area (Å²) in [6, 6.07) is 0. The van der Waals surface area contributed by atoms with Crippen molar-refractivity contribution in [3.05, 3.63) is 0 Å². The largest absolute Gasteiger partial charge is 0.381 e. The van der Waals surface area contributed by atoms with E-state index in [0.717, 1.165) is 38.8 Å². The molecule has 0 aromatic carbocycles. The standard InChI is InChI=1S/C14H29N3O3S/c1-3-15-11-13-5-4-8-17(12-13)21(18,19)16-9-6-14(20-2)7-10-16/h13-15H,3-12H2,1-2H3. The lowest BCUT2D eigenvalue weighted by molar-refractivity contribution is 0.0586. The molecule has 124 valence electrons. The van der Waals surface area contributed by atoms with Crippen LogP contribution in [0.15, 0.2) is 0 Å². The lowest BCUT2D eigenvalue weighted by Crippen LogP contribution is -2.51. The van der Waals surface area contributed by atoms with Crippen LogP contribution in [0.25, 0.3) is 0 Å². The molecule has 0 aromatic heterocycles. The van der Waals surface area contributed by atoms with E-state index in [9.17, 15) is 8.42 Å². The van der Waals surface area contributed by atoms with E-state index < -0.39 is 10.2 Å². The molecule has 2 aliphatic rings. The molecule has 2 saturated heterocycles. The fraction of sp³-hybridized carbons (Fsp3) is 1.00. The number of piperidine rings is 2. The number of nitrogens with zero attached hydrogens (tertiary/aromatic N) is 2. The van der Waals surface area contributed by atoms with Crippen molar-refractivity contribution in [2.24, 2.45) is 5.92 Å². The Labute approximate surface area is 129 Å². The Kier molecular flexibility index (Phi) is 6.43. The van der Waals surface area contributed by atoms with Crippen LogP contribution >= 0.6 is 0 Å². The van der Waals surface area contributed by atoms with Gasteiger partial charge in [-0.3, -0.25) is 0 Å². The van der Waals surface area contributed by atoms with Crippen molar-refractivity contribution in [1.82, 2.24) is 13.9 Å². The number of hydrogen-bond donors (Lipinski definition) is 1. The quantitative estimate of drug-likeness (QED) is 0.781. The van der Waals surface area contributed by atoms with E-state index in [4.69, 9.17) is 4.74 Å². The molecule has 1 atom stereocenters. The van der Waals surface area contributed by atoms with Gasteiger partial charge in [0.2, 0.25) is 0 Å². The van der Waals surface area contributed by atoms with Gasteiger partial charge in [-0.05, 0) is 44.7 Å². The third-order valence-corrected chi connectivity index (χ3v) is 6.55. The van der Waals surface area contributed by atoms with Crippen LogP contribution < -0.4 is 5.32 Å². The zero-order valence-electron chi connectivity index (χ0n) is 13.3. The molecule has 0 spiro atoms. The van der Waals surface area contributed by atoms with E-state index in [1.54, 1.807) is 15.7 Å². The van der Waals surface area contributed by atoms with Gasteiger partial charge in [0.1, 0.15) is 0 Å². The highest BCUT2D eigenvalue weighted by Gasteiger charge is 2.35. The summed E-state index contributed by atoms with van der Waals surface area (Å²) in [5.74, 6) is 0.435. The second kappa shape index (κ2) is 7.87. The van der Waals surface area contributed by atoms with E-state index in [0.29, 0.717) is 32.1 Å². The van der Waals surface area contributed by atoms with Crippen LogP contribution in [0.4, 0.5) is 0 Å². The molecule has 1 unspecified atom stereocenters. The summed E-state index contributed by atoms with van der Waals surface area (Å²) >= 11 is 0. The minimum atomic E-state index is -3.29. The van der Waals surface area contributed by atoms with Gasteiger partial charge in [0, 0.05) is 33.3 Å². The number of methoxy groups -OCH3 is 1. The molecule has 2 rings (SSSR count). The van der Waals surface area contributed by atoms with Gasteiger partial charge in [-0.15, -0.1) is 0 Å². The number of nitrogens with one attached hydrogen (secondary N) is 1. The van der Waals surface area contributed by atoms with Gasteiger partial charge >= 0.3 is 0 Å². The van der Waals surface area contributed by atoms with Crippen molar-refractivity contribution < 1.29 is 13.2 Å². The number of rotatable bonds is 6. The summed E-state index contributed by atoms with van der Waals surface area (Å²) in [5, 5.41) is 3.33. The molecule has 2 aliphatic heterocycles. The van der Waals surface area contributed by atoms with Crippen LogP contribution in [0.5, 0.6) is 0 Å². The Bertz CT molecular complexity index is 408. The van der Waals surface area contributed by atoms with Crippen LogP contribution in [0.2, 0.25) is 0 Å². The second-order valence-electron chi connectivity index (χ2n) is 6.02.